The predicted octanol–water partition coefficient (Wildman–Crippen LogP) is 3.11. The summed E-state index contributed by atoms with van der Waals surface area (Å²) in [6.45, 7) is -2.90. The maximum atomic E-state index is 12.4. The molecular formula is C19H17F2N3O3. The average Bonchev–Trinajstić information content (AvgIpc) is 2.65. The Morgan fingerprint density at radius 3 is 2.59 bits per heavy atom. The van der Waals surface area contributed by atoms with E-state index in [4.69, 9.17) is 0 Å². The highest BCUT2D eigenvalue weighted by Gasteiger charge is 2.10. The van der Waals surface area contributed by atoms with Crippen molar-refractivity contribution < 1.29 is 18.3 Å². The SMILES string of the molecule is Cn1c(CCC(=O)Nc2ccc(OC(F)F)cc2)nc2ccccc2c1=O. The van der Waals surface area contributed by atoms with Gasteiger partial charge in [-0.05, 0) is 36.4 Å². The van der Waals surface area contributed by atoms with Gasteiger partial charge in [-0.3, -0.25) is 14.2 Å². The molecule has 1 heterocycles. The van der Waals surface area contributed by atoms with Crippen LogP contribution in [0.5, 0.6) is 5.75 Å². The maximum Gasteiger partial charge on any atom is 0.387 e. The minimum Gasteiger partial charge on any atom is -0.435 e. The number of fused-ring (bicyclic) bond motifs is 1. The normalized spacial score (nSPS) is 11.0. The number of ether oxygens (including phenoxy) is 1. The van der Waals surface area contributed by atoms with Gasteiger partial charge in [0.05, 0.1) is 10.9 Å². The third-order valence-corrected chi connectivity index (χ3v) is 4.01. The quantitative estimate of drug-likeness (QED) is 0.721. The molecule has 6 nitrogen and oxygen atoms in total. The lowest BCUT2D eigenvalue weighted by Gasteiger charge is -2.10. The Hall–Kier alpha value is -3.29. The number of amides is 1. The molecule has 8 heteroatoms. The van der Waals surface area contributed by atoms with Gasteiger partial charge in [0, 0.05) is 25.6 Å². The summed E-state index contributed by atoms with van der Waals surface area (Å²) in [7, 11) is 1.62. The van der Waals surface area contributed by atoms with Gasteiger partial charge in [0.2, 0.25) is 5.91 Å². The van der Waals surface area contributed by atoms with E-state index in [1.807, 2.05) is 0 Å². The van der Waals surface area contributed by atoms with E-state index in [2.05, 4.69) is 15.0 Å². The monoisotopic (exact) mass is 373 g/mol. The van der Waals surface area contributed by atoms with E-state index in [9.17, 15) is 18.4 Å². The van der Waals surface area contributed by atoms with Crippen molar-refractivity contribution in [2.45, 2.75) is 19.5 Å². The van der Waals surface area contributed by atoms with Gasteiger partial charge in [-0.25, -0.2) is 4.98 Å². The number of hydrogen-bond donors (Lipinski definition) is 1. The number of carbonyl (C=O) groups is 1. The molecule has 0 radical (unpaired) electrons. The second-order valence-electron chi connectivity index (χ2n) is 5.86. The third kappa shape index (κ3) is 4.46. The summed E-state index contributed by atoms with van der Waals surface area (Å²) < 4.78 is 29.9. The van der Waals surface area contributed by atoms with Crippen molar-refractivity contribution in [2.75, 3.05) is 5.32 Å². The van der Waals surface area contributed by atoms with Crippen LogP contribution in [0.4, 0.5) is 14.5 Å². The summed E-state index contributed by atoms with van der Waals surface area (Å²) in [5.74, 6) is 0.243. The highest BCUT2D eigenvalue weighted by molar-refractivity contribution is 5.90. The Labute approximate surface area is 153 Å². The molecule has 1 amide bonds. The fourth-order valence-corrected chi connectivity index (χ4v) is 2.66. The van der Waals surface area contributed by atoms with Gasteiger partial charge >= 0.3 is 6.61 Å². The molecule has 0 bridgehead atoms. The second kappa shape index (κ2) is 7.94. The van der Waals surface area contributed by atoms with Gasteiger partial charge in [0.15, 0.2) is 0 Å². The number of para-hydroxylation sites is 1. The van der Waals surface area contributed by atoms with Crippen LogP contribution in [-0.4, -0.2) is 22.1 Å². The molecule has 3 rings (SSSR count). The third-order valence-electron chi connectivity index (χ3n) is 4.01. The smallest absolute Gasteiger partial charge is 0.387 e. The largest absolute Gasteiger partial charge is 0.435 e. The average molecular weight is 373 g/mol. The van der Waals surface area contributed by atoms with Crippen molar-refractivity contribution in [3.8, 4) is 5.75 Å². The fraction of sp³-hybridized carbons (Fsp3) is 0.211. The Morgan fingerprint density at radius 1 is 1.19 bits per heavy atom. The van der Waals surface area contributed by atoms with Crippen molar-refractivity contribution >= 4 is 22.5 Å². The van der Waals surface area contributed by atoms with Crippen LogP contribution in [0.15, 0.2) is 53.3 Å². The molecule has 3 aromatic rings. The van der Waals surface area contributed by atoms with Crippen molar-refractivity contribution in [1.82, 2.24) is 9.55 Å². The Balaban J connectivity index is 1.65. The van der Waals surface area contributed by atoms with E-state index in [-0.39, 0.29) is 30.1 Å². The van der Waals surface area contributed by atoms with Gasteiger partial charge in [-0.15, -0.1) is 0 Å². The van der Waals surface area contributed by atoms with Crippen LogP contribution in [0.25, 0.3) is 10.9 Å². The number of rotatable bonds is 6. The molecule has 0 atom stereocenters. The molecule has 0 spiro atoms. The standard InChI is InChI=1S/C19H17F2N3O3/c1-24-16(23-15-5-3-2-4-14(15)18(24)26)10-11-17(25)22-12-6-8-13(9-7-12)27-19(20)21/h2-9,19H,10-11H2,1H3,(H,22,25). The summed E-state index contributed by atoms with van der Waals surface area (Å²) in [4.78, 5) is 28.9. The second-order valence-corrected chi connectivity index (χ2v) is 5.86. The van der Waals surface area contributed by atoms with Crippen LogP contribution in [0.2, 0.25) is 0 Å². The number of nitrogens with zero attached hydrogens (tertiary/aromatic N) is 2. The van der Waals surface area contributed by atoms with Gasteiger partial charge in [-0.2, -0.15) is 8.78 Å². The fourth-order valence-electron chi connectivity index (χ4n) is 2.66. The van der Waals surface area contributed by atoms with E-state index in [0.717, 1.165) is 0 Å². The molecule has 1 N–H and O–H groups in total. The summed E-state index contributed by atoms with van der Waals surface area (Å²) in [5, 5.41) is 3.19. The number of anilines is 1. The highest BCUT2D eigenvalue weighted by atomic mass is 19.3. The van der Waals surface area contributed by atoms with Crippen molar-refractivity contribution in [2.24, 2.45) is 7.05 Å². The lowest BCUT2D eigenvalue weighted by molar-refractivity contribution is -0.116. The molecule has 0 aliphatic heterocycles. The molecule has 27 heavy (non-hydrogen) atoms. The topological polar surface area (TPSA) is 73.2 Å². The maximum absolute atomic E-state index is 12.4. The number of benzene rings is 2. The Morgan fingerprint density at radius 2 is 1.89 bits per heavy atom. The van der Waals surface area contributed by atoms with E-state index in [1.165, 1.54) is 28.8 Å². The number of hydrogen-bond acceptors (Lipinski definition) is 4. The molecule has 0 fully saturated rings. The minimum absolute atomic E-state index is 0.0124. The Kier molecular flexibility index (Phi) is 5.44. The zero-order valence-corrected chi connectivity index (χ0v) is 14.5. The highest BCUT2D eigenvalue weighted by Crippen LogP contribution is 2.18. The predicted molar refractivity (Wildman–Crippen MR) is 97.0 cm³/mol. The van der Waals surface area contributed by atoms with E-state index < -0.39 is 6.61 Å². The van der Waals surface area contributed by atoms with Crippen LogP contribution in [-0.2, 0) is 18.3 Å². The first-order chi connectivity index (χ1) is 12.9. The summed E-state index contributed by atoms with van der Waals surface area (Å²) in [6, 6.07) is 12.7. The lowest BCUT2D eigenvalue weighted by atomic mass is 10.2. The Bertz CT molecular complexity index is 1020. The summed E-state index contributed by atoms with van der Waals surface area (Å²) in [5.41, 5.74) is 0.887. The van der Waals surface area contributed by atoms with Crippen molar-refractivity contribution in [3.63, 3.8) is 0 Å². The number of aromatic nitrogens is 2. The molecule has 0 aliphatic rings. The lowest BCUT2D eigenvalue weighted by Crippen LogP contribution is -2.23. The summed E-state index contributed by atoms with van der Waals surface area (Å²) in [6.07, 6.45) is 0.406. The zero-order chi connectivity index (χ0) is 19.4. The van der Waals surface area contributed by atoms with Crippen LogP contribution in [0.1, 0.15) is 12.2 Å². The number of aryl methyl sites for hydroxylation is 1. The molecule has 1 aromatic heterocycles. The molecule has 0 saturated heterocycles. The van der Waals surface area contributed by atoms with Crippen molar-refractivity contribution in [3.05, 3.63) is 64.7 Å². The first-order valence-electron chi connectivity index (χ1n) is 8.23. The van der Waals surface area contributed by atoms with Crippen LogP contribution >= 0.6 is 0 Å². The number of halogens is 2. The number of carbonyl (C=O) groups excluding carboxylic acids is 1. The minimum atomic E-state index is -2.90. The molecule has 0 aliphatic carbocycles. The van der Waals surface area contributed by atoms with Gasteiger partial charge in [0.1, 0.15) is 11.6 Å². The van der Waals surface area contributed by atoms with Crippen LogP contribution in [0.3, 0.4) is 0 Å². The molecule has 0 unspecified atom stereocenters. The van der Waals surface area contributed by atoms with E-state index >= 15 is 0 Å². The molecular weight excluding hydrogens is 356 g/mol. The number of alkyl halides is 2. The van der Waals surface area contributed by atoms with E-state index in [0.29, 0.717) is 22.4 Å². The number of nitrogens with one attached hydrogen (secondary N) is 1. The van der Waals surface area contributed by atoms with Crippen LogP contribution in [0, 0.1) is 0 Å². The summed E-state index contributed by atoms with van der Waals surface area (Å²) >= 11 is 0. The van der Waals surface area contributed by atoms with E-state index in [1.54, 1.807) is 31.3 Å². The molecule has 140 valence electrons. The van der Waals surface area contributed by atoms with Gasteiger partial charge in [0.25, 0.3) is 5.56 Å². The first-order valence-corrected chi connectivity index (χ1v) is 8.23. The van der Waals surface area contributed by atoms with Crippen molar-refractivity contribution in [1.29, 1.82) is 0 Å². The first kappa shape index (κ1) is 18.5. The van der Waals surface area contributed by atoms with Crippen LogP contribution < -0.4 is 15.6 Å². The van der Waals surface area contributed by atoms with Gasteiger partial charge in [-0.1, -0.05) is 12.1 Å². The molecule has 2 aromatic carbocycles. The zero-order valence-electron chi connectivity index (χ0n) is 14.5. The van der Waals surface area contributed by atoms with Gasteiger partial charge < -0.3 is 10.1 Å². The molecule has 0 saturated carbocycles.